The second-order valence-corrected chi connectivity index (χ2v) is 3.60. The van der Waals surface area contributed by atoms with E-state index in [1.165, 1.54) is 18.2 Å². The van der Waals surface area contributed by atoms with E-state index in [9.17, 15) is 18.8 Å². The summed E-state index contributed by atoms with van der Waals surface area (Å²) in [4.78, 5) is 34.3. The minimum Gasteiger partial charge on any atom is -0.481 e. The molecule has 96 valence electrons. The number of carbonyl (C=O) groups is 3. The van der Waals surface area contributed by atoms with E-state index >= 15 is 0 Å². The number of imide groups is 1. The number of hydrogen-bond acceptors (Lipinski definition) is 3. The van der Waals surface area contributed by atoms with Crippen molar-refractivity contribution >= 4 is 17.8 Å². The standard InChI is InChI=1S/C12H12FNO4/c1-8(15)14(7-6-11(16)17)12(18)9-4-2-3-5-10(9)13/h2-5H,6-7H2,1H3,(H,16,17). The number of nitrogens with zero attached hydrogens (tertiary/aromatic N) is 1. The molecule has 0 aliphatic heterocycles. The molecule has 5 nitrogen and oxygen atoms in total. The van der Waals surface area contributed by atoms with E-state index in [0.29, 0.717) is 4.90 Å². The number of carbonyl (C=O) groups excluding carboxylic acids is 2. The van der Waals surface area contributed by atoms with Crippen LogP contribution >= 0.6 is 0 Å². The van der Waals surface area contributed by atoms with Gasteiger partial charge in [0.2, 0.25) is 5.91 Å². The molecule has 0 aromatic heterocycles. The molecule has 0 radical (unpaired) electrons. The largest absolute Gasteiger partial charge is 0.481 e. The van der Waals surface area contributed by atoms with Gasteiger partial charge >= 0.3 is 5.97 Å². The molecular formula is C12H12FNO4. The Morgan fingerprint density at radius 3 is 2.39 bits per heavy atom. The molecule has 0 spiro atoms. The molecule has 18 heavy (non-hydrogen) atoms. The predicted molar refractivity (Wildman–Crippen MR) is 60.4 cm³/mol. The van der Waals surface area contributed by atoms with Gasteiger partial charge in [-0.1, -0.05) is 12.1 Å². The number of rotatable bonds is 4. The summed E-state index contributed by atoms with van der Waals surface area (Å²) in [5.74, 6) is -3.34. The van der Waals surface area contributed by atoms with Crippen molar-refractivity contribution < 1.29 is 23.9 Å². The lowest BCUT2D eigenvalue weighted by atomic mass is 10.2. The number of carboxylic acids is 1. The molecule has 1 rings (SSSR count). The van der Waals surface area contributed by atoms with Gasteiger partial charge in [-0.25, -0.2) is 4.39 Å². The number of hydrogen-bond donors (Lipinski definition) is 1. The van der Waals surface area contributed by atoms with Gasteiger partial charge in [-0.15, -0.1) is 0 Å². The minimum absolute atomic E-state index is 0.252. The van der Waals surface area contributed by atoms with Crippen LogP contribution in [0.2, 0.25) is 0 Å². The van der Waals surface area contributed by atoms with Crippen LogP contribution in [0.5, 0.6) is 0 Å². The van der Waals surface area contributed by atoms with E-state index in [-0.39, 0.29) is 18.5 Å². The van der Waals surface area contributed by atoms with E-state index in [0.717, 1.165) is 13.0 Å². The highest BCUT2D eigenvalue weighted by atomic mass is 19.1. The molecule has 0 atom stereocenters. The SMILES string of the molecule is CC(=O)N(CCC(=O)O)C(=O)c1ccccc1F. The Bertz CT molecular complexity index is 487. The van der Waals surface area contributed by atoms with Crippen LogP contribution in [0.3, 0.4) is 0 Å². The molecule has 0 unspecified atom stereocenters. The molecule has 0 heterocycles. The van der Waals surface area contributed by atoms with Gasteiger partial charge in [0.15, 0.2) is 0 Å². The summed E-state index contributed by atoms with van der Waals surface area (Å²) < 4.78 is 13.4. The third-order valence-corrected chi connectivity index (χ3v) is 2.28. The molecule has 0 fully saturated rings. The Hall–Kier alpha value is -2.24. The molecular weight excluding hydrogens is 241 g/mol. The van der Waals surface area contributed by atoms with Gasteiger partial charge in [0.1, 0.15) is 5.82 Å². The van der Waals surface area contributed by atoms with Crippen LogP contribution in [-0.4, -0.2) is 34.3 Å². The fourth-order valence-electron chi connectivity index (χ4n) is 1.39. The lowest BCUT2D eigenvalue weighted by molar-refractivity contribution is -0.137. The molecule has 0 saturated carbocycles. The first-order valence-electron chi connectivity index (χ1n) is 5.22. The van der Waals surface area contributed by atoms with Gasteiger partial charge in [0, 0.05) is 13.5 Å². The molecule has 0 saturated heterocycles. The molecule has 0 aliphatic carbocycles. The summed E-state index contributed by atoms with van der Waals surface area (Å²) >= 11 is 0. The van der Waals surface area contributed by atoms with Crippen LogP contribution in [0.25, 0.3) is 0 Å². The fourth-order valence-corrected chi connectivity index (χ4v) is 1.39. The van der Waals surface area contributed by atoms with Crippen molar-refractivity contribution in [1.29, 1.82) is 0 Å². The summed E-state index contributed by atoms with van der Waals surface area (Å²) in [5.41, 5.74) is -0.252. The van der Waals surface area contributed by atoms with Gasteiger partial charge in [0.25, 0.3) is 5.91 Å². The van der Waals surface area contributed by atoms with E-state index in [1.807, 2.05) is 0 Å². The molecule has 2 amide bonds. The number of carboxylic acid groups (broad SMARTS) is 1. The summed E-state index contributed by atoms with van der Waals surface area (Å²) in [6.45, 7) is 0.846. The maximum Gasteiger partial charge on any atom is 0.305 e. The first-order chi connectivity index (χ1) is 8.43. The van der Waals surface area contributed by atoms with Crippen molar-refractivity contribution in [3.63, 3.8) is 0 Å². The lowest BCUT2D eigenvalue weighted by Gasteiger charge is -2.18. The predicted octanol–water partition coefficient (Wildman–Crippen LogP) is 1.29. The number of aliphatic carboxylic acids is 1. The summed E-state index contributed by atoms with van der Waals surface area (Å²) in [7, 11) is 0. The highest BCUT2D eigenvalue weighted by Gasteiger charge is 2.22. The lowest BCUT2D eigenvalue weighted by Crippen LogP contribution is -2.37. The van der Waals surface area contributed by atoms with Crippen molar-refractivity contribution in [3.8, 4) is 0 Å². The van der Waals surface area contributed by atoms with Crippen LogP contribution in [0, 0.1) is 5.82 Å². The van der Waals surface area contributed by atoms with Crippen LogP contribution in [0.15, 0.2) is 24.3 Å². The minimum atomic E-state index is -1.14. The highest BCUT2D eigenvalue weighted by molar-refractivity contribution is 6.04. The van der Waals surface area contributed by atoms with E-state index in [1.54, 1.807) is 0 Å². The Balaban J connectivity index is 2.93. The van der Waals surface area contributed by atoms with Crippen molar-refractivity contribution in [2.24, 2.45) is 0 Å². The van der Waals surface area contributed by atoms with Gasteiger partial charge in [0.05, 0.1) is 12.0 Å². The molecule has 0 bridgehead atoms. The van der Waals surface area contributed by atoms with E-state index < -0.39 is 23.6 Å². The Kier molecular flexibility index (Phi) is 4.53. The van der Waals surface area contributed by atoms with Gasteiger partial charge < -0.3 is 5.11 Å². The topological polar surface area (TPSA) is 74.7 Å². The Morgan fingerprint density at radius 2 is 1.89 bits per heavy atom. The third-order valence-electron chi connectivity index (χ3n) is 2.28. The normalized spacial score (nSPS) is 9.89. The molecule has 0 aliphatic rings. The first kappa shape index (κ1) is 13.8. The summed E-state index contributed by atoms with van der Waals surface area (Å²) in [6.07, 6.45) is -0.375. The zero-order valence-corrected chi connectivity index (χ0v) is 9.72. The highest BCUT2D eigenvalue weighted by Crippen LogP contribution is 2.10. The number of halogens is 1. The van der Waals surface area contributed by atoms with Crippen LogP contribution < -0.4 is 0 Å². The van der Waals surface area contributed by atoms with Gasteiger partial charge in [-0.3, -0.25) is 19.3 Å². The van der Waals surface area contributed by atoms with Crippen LogP contribution in [0.1, 0.15) is 23.7 Å². The average Bonchev–Trinajstić information content (AvgIpc) is 2.28. The maximum atomic E-state index is 13.4. The van der Waals surface area contributed by atoms with Crippen LogP contribution in [-0.2, 0) is 9.59 Å². The quantitative estimate of drug-likeness (QED) is 0.877. The second-order valence-electron chi connectivity index (χ2n) is 3.60. The monoisotopic (exact) mass is 253 g/mol. The zero-order chi connectivity index (χ0) is 13.7. The summed E-state index contributed by atoms with van der Waals surface area (Å²) in [5, 5.41) is 8.53. The smallest absolute Gasteiger partial charge is 0.305 e. The average molecular weight is 253 g/mol. The summed E-state index contributed by atoms with van der Waals surface area (Å²) in [6, 6.07) is 5.23. The van der Waals surface area contributed by atoms with Crippen molar-refractivity contribution in [2.75, 3.05) is 6.54 Å². The van der Waals surface area contributed by atoms with Gasteiger partial charge in [-0.05, 0) is 12.1 Å². The van der Waals surface area contributed by atoms with E-state index in [4.69, 9.17) is 5.11 Å². The molecule has 1 aromatic carbocycles. The Morgan fingerprint density at radius 1 is 1.28 bits per heavy atom. The zero-order valence-electron chi connectivity index (χ0n) is 9.72. The second kappa shape index (κ2) is 5.90. The fraction of sp³-hybridized carbons (Fsp3) is 0.250. The number of amides is 2. The van der Waals surface area contributed by atoms with Crippen molar-refractivity contribution in [1.82, 2.24) is 4.90 Å². The third kappa shape index (κ3) is 3.38. The van der Waals surface area contributed by atoms with Crippen molar-refractivity contribution in [3.05, 3.63) is 35.6 Å². The van der Waals surface area contributed by atoms with Crippen molar-refractivity contribution in [2.45, 2.75) is 13.3 Å². The molecule has 1 N–H and O–H groups in total. The van der Waals surface area contributed by atoms with E-state index in [2.05, 4.69) is 0 Å². The van der Waals surface area contributed by atoms with Crippen LogP contribution in [0.4, 0.5) is 4.39 Å². The van der Waals surface area contributed by atoms with Gasteiger partial charge in [-0.2, -0.15) is 0 Å². The number of benzene rings is 1. The first-order valence-corrected chi connectivity index (χ1v) is 5.22. The molecule has 1 aromatic rings. The maximum absolute atomic E-state index is 13.4. The molecule has 6 heteroatoms. The Labute approximate surface area is 103 Å².